The highest BCUT2D eigenvalue weighted by atomic mass is 35.5. The van der Waals surface area contributed by atoms with E-state index in [1.54, 1.807) is 0 Å². The summed E-state index contributed by atoms with van der Waals surface area (Å²) in [6.45, 7) is 4.76. The van der Waals surface area contributed by atoms with Crippen molar-refractivity contribution in [2.24, 2.45) is 11.8 Å². The number of nitrogens with zero attached hydrogens (tertiary/aromatic N) is 3. The molecule has 252 valence electrons. The van der Waals surface area contributed by atoms with Crippen molar-refractivity contribution in [2.45, 2.75) is 51.5 Å². The Morgan fingerprint density at radius 1 is 1.00 bits per heavy atom. The molecule has 2 atom stereocenters. The summed E-state index contributed by atoms with van der Waals surface area (Å²) in [6, 6.07) is 20.8. The number of aromatic amines is 1. The number of aromatic nitrogens is 1. The zero-order chi connectivity index (χ0) is 33.8. The fourth-order valence-electron chi connectivity index (χ4n) is 7.48. The molecule has 0 spiro atoms. The number of carbonyl (C=O) groups is 3. The van der Waals surface area contributed by atoms with Gasteiger partial charge in [0.25, 0.3) is 5.91 Å². The molecule has 1 aromatic heterocycles. The highest BCUT2D eigenvalue weighted by molar-refractivity contribution is 6.30. The van der Waals surface area contributed by atoms with Gasteiger partial charge in [0.05, 0.1) is 0 Å². The molecule has 1 fully saturated rings. The van der Waals surface area contributed by atoms with E-state index in [-0.39, 0.29) is 23.6 Å². The summed E-state index contributed by atoms with van der Waals surface area (Å²) in [6.07, 6.45) is 5.96. The molecule has 0 unspecified atom stereocenters. The zero-order valence-corrected chi connectivity index (χ0v) is 28.9. The lowest BCUT2D eigenvalue weighted by molar-refractivity contribution is -0.127. The first-order valence-corrected chi connectivity index (χ1v) is 17.5. The molecule has 3 heterocycles. The van der Waals surface area contributed by atoms with Crippen LogP contribution in [-0.2, 0) is 22.4 Å². The molecule has 48 heavy (non-hydrogen) atoms. The number of carbonyl (C=O) groups excluding carboxylic acids is 3. The Morgan fingerprint density at radius 2 is 1.75 bits per heavy atom. The average molecular weight is 668 g/mol. The molecule has 8 nitrogen and oxygen atoms in total. The van der Waals surface area contributed by atoms with Crippen molar-refractivity contribution in [2.75, 3.05) is 45.2 Å². The monoisotopic (exact) mass is 667 g/mol. The molecule has 4 aromatic rings. The van der Waals surface area contributed by atoms with Crippen LogP contribution in [0.3, 0.4) is 0 Å². The van der Waals surface area contributed by atoms with E-state index < -0.39 is 6.04 Å². The molecule has 2 N–H and O–H groups in total. The second-order valence-electron chi connectivity index (χ2n) is 13.8. The maximum Gasteiger partial charge on any atom is 0.254 e. The lowest BCUT2D eigenvalue weighted by atomic mass is 9.90. The number of para-hydroxylation sites is 1. The fourth-order valence-corrected chi connectivity index (χ4v) is 7.67. The molecule has 2 aliphatic rings. The molecule has 0 aliphatic carbocycles. The normalized spacial score (nSPS) is 17.4. The molecule has 6 rings (SSSR count). The van der Waals surface area contributed by atoms with Crippen molar-refractivity contribution in [3.8, 4) is 0 Å². The number of anilines is 1. The zero-order valence-electron chi connectivity index (χ0n) is 28.2. The minimum Gasteiger partial charge on any atom is -0.361 e. The molecule has 0 saturated carbocycles. The molecule has 0 bridgehead atoms. The standard InChI is InChI=1S/C39H46ClN5O3/c1-26-8-4-5-9-32(26)38(47)44-18-16-27(17-19-44)12-15-37(46)42-35(22-30-23-41-34-11-7-6-10-33(30)34)39(48)45-25-28(24-43(2)3)20-29-21-31(40)13-14-36(29)45/h4-11,13-14,21,23,27-28,35,41H,12,15-20,22,24-25H2,1-3H3,(H,42,46)/t28-,35+/m0/s1. The van der Waals surface area contributed by atoms with Crippen LogP contribution in [0.4, 0.5) is 5.69 Å². The number of amides is 3. The number of nitrogens with one attached hydrogen (secondary N) is 2. The van der Waals surface area contributed by atoms with Crippen LogP contribution in [0.2, 0.25) is 5.02 Å². The summed E-state index contributed by atoms with van der Waals surface area (Å²) in [7, 11) is 4.09. The van der Waals surface area contributed by atoms with Gasteiger partial charge in [0.1, 0.15) is 6.04 Å². The Bertz CT molecular complexity index is 1780. The summed E-state index contributed by atoms with van der Waals surface area (Å²) >= 11 is 6.40. The van der Waals surface area contributed by atoms with Gasteiger partial charge in [-0.25, -0.2) is 0 Å². The Balaban J connectivity index is 1.15. The average Bonchev–Trinajstić information content (AvgIpc) is 3.48. The van der Waals surface area contributed by atoms with E-state index in [2.05, 4.69) is 15.2 Å². The van der Waals surface area contributed by atoms with Gasteiger partial charge in [-0.1, -0.05) is 48.0 Å². The number of hydrogen-bond donors (Lipinski definition) is 2. The first-order valence-electron chi connectivity index (χ1n) is 17.1. The quantitative estimate of drug-likeness (QED) is 0.209. The third kappa shape index (κ3) is 7.77. The largest absolute Gasteiger partial charge is 0.361 e. The van der Waals surface area contributed by atoms with Crippen LogP contribution in [-0.4, -0.2) is 78.8 Å². The molecular formula is C39H46ClN5O3. The van der Waals surface area contributed by atoms with Gasteiger partial charge in [-0.2, -0.15) is 0 Å². The minimum absolute atomic E-state index is 0.0808. The van der Waals surface area contributed by atoms with Crippen LogP contribution in [0.25, 0.3) is 10.9 Å². The van der Waals surface area contributed by atoms with E-state index in [9.17, 15) is 14.4 Å². The topological polar surface area (TPSA) is 88.8 Å². The number of benzene rings is 3. The summed E-state index contributed by atoms with van der Waals surface area (Å²) < 4.78 is 0. The van der Waals surface area contributed by atoms with Crippen molar-refractivity contribution in [1.82, 2.24) is 20.1 Å². The van der Waals surface area contributed by atoms with E-state index >= 15 is 0 Å². The van der Waals surface area contributed by atoms with Crippen LogP contribution in [0.5, 0.6) is 0 Å². The van der Waals surface area contributed by atoms with Crippen molar-refractivity contribution in [3.05, 3.63) is 100 Å². The highest BCUT2D eigenvalue weighted by Crippen LogP contribution is 2.33. The molecule has 2 aliphatic heterocycles. The Hall–Kier alpha value is -4.14. The van der Waals surface area contributed by atoms with Crippen molar-refractivity contribution < 1.29 is 14.4 Å². The first kappa shape index (κ1) is 33.7. The predicted molar refractivity (Wildman–Crippen MR) is 193 cm³/mol. The van der Waals surface area contributed by atoms with Gasteiger partial charge in [0, 0.05) is 72.4 Å². The minimum atomic E-state index is -0.730. The maximum absolute atomic E-state index is 14.5. The van der Waals surface area contributed by atoms with Crippen LogP contribution in [0.15, 0.2) is 72.9 Å². The summed E-state index contributed by atoms with van der Waals surface area (Å²) in [4.78, 5) is 50.5. The third-order valence-electron chi connectivity index (χ3n) is 9.96. The molecule has 3 amide bonds. The summed E-state index contributed by atoms with van der Waals surface area (Å²) in [5.74, 6) is 0.443. The number of likely N-dealkylation sites (tertiary alicyclic amines) is 1. The molecule has 0 radical (unpaired) electrons. The van der Waals surface area contributed by atoms with Crippen molar-refractivity contribution >= 4 is 45.9 Å². The van der Waals surface area contributed by atoms with E-state index in [0.29, 0.717) is 43.4 Å². The van der Waals surface area contributed by atoms with Gasteiger partial charge in [-0.15, -0.1) is 0 Å². The SMILES string of the molecule is Cc1ccccc1C(=O)N1CCC(CCC(=O)N[C@H](Cc2c[nH]c3ccccc23)C(=O)N2C[C@H](CN(C)C)Cc3cc(Cl)ccc32)CC1. The van der Waals surface area contributed by atoms with Gasteiger partial charge in [0.2, 0.25) is 11.8 Å². The van der Waals surface area contributed by atoms with Crippen molar-refractivity contribution in [1.29, 1.82) is 0 Å². The number of piperidine rings is 1. The van der Waals surface area contributed by atoms with Gasteiger partial charge < -0.3 is 25.0 Å². The maximum atomic E-state index is 14.5. The second-order valence-corrected chi connectivity index (χ2v) is 14.3. The Labute approximate surface area is 288 Å². The number of aryl methyl sites for hydroxylation is 1. The predicted octanol–water partition coefficient (Wildman–Crippen LogP) is 6.26. The Morgan fingerprint density at radius 3 is 2.52 bits per heavy atom. The fraction of sp³-hybridized carbons (Fsp3) is 0.410. The van der Waals surface area contributed by atoms with Gasteiger partial charge in [-0.3, -0.25) is 14.4 Å². The number of hydrogen-bond acceptors (Lipinski definition) is 4. The number of halogens is 1. The molecule has 9 heteroatoms. The summed E-state index contributed by atoms with van der Waals surface area (Å²) in [5, 5.41) is 4.87. The number of fused-ring (bicyclic) bond motifs is 2. The highest BCUT2D eigenvalue weighted by Gasteiger charge is 2.34. The Kier molecular flexibility index (Phi) is 10.5. The molecular weight excluding hydrogens is 622 g/mol. The van der Waals surface area contributed by atoms with Crippen LogP contribution in [0, 0.1) is 18.8 Å². The third-order valence-corrected chi connectivity index (χ3v) is 10.2. The van der Waals surface area contributed by atoms with E-state index in [4.69, 9.17) is 11.6 Å². The smallest absolute Gasteiger partial charge is 0.254 e. The first-order chi connectivity index (χ1) is 23.2. The van der Waals surface area contributed by atoms with Crippen LogP contribution < -0.4 is 10.2 Å². The second kappa shape index (κ2) is 15.0. The van der Waals surface area contributed by atoms with Gasteiger partial charge >= 0.3 is 0 Å². The lowest BCUT2D eigenvalue weighted by Crippen LogP contribution is -2.53. The molecule has 3 aromatic carbocycles. The number of H-pyrrole nitrogens is 1. The molecule has 1 saturated heterocycles. The summed E-state index contributed by atoms with van der Waals surface area (Å²) in [5.41, 5.74) is 5.66. The van der Waals surface area contributed by atoms with E-state index in [1.165, 1.54) is 0 Å². The van der Waals surface area contributed by atoms with Crippen molar-refractivity contribution in [3.63, 3.8) is 0 Å². The van der Waals surface area contributed by atoms with Crippen LogP contribution in [0.1, 0.15) is 52.7 Å². The van der Waals surface area contributed by atoms with Gasteiger partial charge in [0.15, 0.2) is 0 Å². The van der Waals surface area contributed by atoms with E-state index in [0.717, 1.165) is 71.1 Å². The number of rotatable bonds is 10. The van der Waals surface area contributed by atoms with Crippen LogP contribution >= 0.6 is 11.6 Å². The van der Waals surface area contributed by atoms with E-state index in [1.807, 2.05) is 104 Å². The van der Waals surface area contributed by atoms with Gasteiger partial charge in [-0.05, 0) is 106 Å². The lowest BCUT2D eigenvalue weighted by Gasteiger charge is -2.37.